The van der Waals surface area contributed by atoms with E-state index in [2.05, 4.69) is 24.3 Å². The number of carbonyl (C=O) groups excluding carboxylic acids is 4. The SMILES string of the molecule is O=C1C=C[C@@]2(c3ccccc31)[C@H](C(=O)c1ccccc1)[C@H]2c1ccccc1.O=C1C=C[C@@]2(c3ccccc31)[C@H](C(=O)c1ccccc1)[C@H]2c1ccccc1. The average Bonchev–Trinajstić information content (AvgIpc) is 4.13. The first-order chi connectivity index (χ1) is 26.5. The maximum atomic E-state index is 13.4. The molecule has 0 aromatic heterocycles. The lowest BCUT2D eigenvalue weighted by atomic mass is 9.80. The minimum absolute atomic E-state index is 0.0147. The smallest absolute Gasteiger partial charge is 0.185 e. The molecule has 6 aromatic carbocycles. The van der Waals surface area contributed by atoms with Gasteiger partial charge in [-0.3, -0.25) is 19.2 Å². The van der Waals surface area contributed by atoms with Crippen molar-refractivity contribution >= 4 is 23.1 Å². The molecule has 54 heavy (non-hydrogen) atoms. The van der Waals surface area contributed by atoms with Gasteiger partial charge in [-0.05, 0) is 34.4 Å². The van der Waals surface area contributed by atoms with Gasteiger partial charge >= 0.3 is 0 Å². The van der Waals surface area contributed by atoms with Gasteiger partial charge in [-0.2, -0.15) is 0 Å². The molecular formula is C50H36O4. The van der Waals surface area contributed by atoms with Crippen LogP contribution in [0, 0.1) is 11.8 Å². The normalized spacial score (nSPS) is 25.3. The molecule has 6 aromatic rings. The Bertz CT molecular complexity index is 2310. The summed E-state index contributed by atoms with van der Waals surface area (Å²) in [4.78, 5) is 51.7. The molecule has 4 aliphatic rings. The number of hydrogen-bond donors (Lipinski definition) is 0. The molecule has 10 rings (SSSR count). The Kier molecular flexibility index (Phi) is 8.12. The summed E-state index contributed by atoms with van der Waals surface area (Å²) in [5.74, 6) is -0.0207. The van der Waals surface area contributed by atoms with Crippen molar-refractivity contribution in [1.29, 1.82) is 0 Å². The Morgan fingerprint density at radius 3 is 1.07 bits per heavy atom. The summed E-state index contributed by atoms with van der Waals surface area (Å²) >= 11 is 0. The lowest BCUT2D eigenvalue weighted by molar-refractivity contribution is 0.0950. The molecule has 260 valence electrons. The number of allylic oxidation sites excluding steroid dienone is 4. The van der Waals surface area contributed by atoms with E-state index < -0.39 is 10.8 Å². The van der Waals surface area contributed by atoms with Crippen LogP contribution < -0.4 is 0 Å². The summed E-state index contributed by atoms with van der Waals surface area (Å²) in [6.07, 6.45) is 7.24. The van der Waals surface area contributed by atoms with Gasteiger partial charge in [0.2, 0.25) is 0 Å². The monoisotopic (exact) mass is 700 g/mol. The van der Waals surface area contributed by atoms with E-state index in [0.29, 0.717) is 11.1 Å². The number of fused-ring (bicyclic) bond motifs is 4. The second-order valence-corrected chi connectivity index (χ2v) is 14.5. The number of benzene rings is 6. The van der Waals surface area contributed by atoms with Gasteiger partial charge in [0.25, 0.3) is 0 Å². The minimum Gasteiger partial charge on any atom is -0.294 e. The molecule has 4 heteroatoms. The molecule has 0 amide bonds. The Morgan fingerprint density at radius 1 is 0.389 bits per heavy atom. The number of hydrogen-bond acceptors (Lipinski definition) is 4. The summed E-state index contributed by atoms with van der Waals surface area (Å²) in [6, 6.07) is 54.7. The molecule has 0 radical (unpaired) electrons. The van der Waals surface area contributed by atoms with Crippen molar-refractivity contribution < 1.29 is 19.2 Å². The molecule has 2 fully saturated rings. The van der Waals surface area contributed by atoms with Gasteiger partial charge in [0.15, 0.2) is 23.1 Å². The first-order valence-electron chi connectivity index (χ1n) is 18.4. The highest BCUT2D eigenvalue weighted by Gasteiger charge is 2.70. The van der Waals surface area contributed by atoms with Crippen molar-refractivity contribution in [2.75, 3.05) is 0 Å². The van der Waals surface area contributed by atoms with Crippen molar-refractivity contribution in [2.45, 2.75) is 22.7 Å². The second-order valence-electron chi connectivity index (χ2n) is 14.5. The highest BCUT2D eigenvalue weighted by Crippen LogP contribution is 2.70. The number of Topliss-reactive ketones (excluding diaryl/α,β-unsaturated/α-hetero) is 2. The largest absolute Gasteiger partial charge is 0.294 e. The zero-order chi connectivity index (χ0) is 36.9. The molecule has 0 aliphatic heterocycles. The summed E-state index contributed by atoms with van der Waals surface area (Å²) < 4.78 is 0. The highest BCUT2D eigenvalue weighted by atomic mass is 16.1. The zero-order valence-corrected chi connectivity index (χ0v) is 29.4. The van der Waals surface area contributed by atoms with Crippen LogP contribution in [0.4, 0.5) is 0 Å². The summed E-state index contributed by atoms with van der Waals surface area (Å²) in [7, 11) is 0. The molecule has 6 atom stereocenters. The maximum Gasteiger partial charge on any atom is 0.185 e. The van der Waals surface area contributed by atoms with E-state index in [1.807, 2.05) is 158 Å². The van der Waals surface area contributed by atoms with Crippen LogP contribution in [0.25, 0.3) is 0 Å². The van der Waals surface area contributed by atoms with Gasteiger partial charge in [0.05, 0.1) is 0 Å². The third-order valence-electron chi connectivity index (χ3n) is 11.8. The molecule has 0 heterocycles. The van der Waals surface area contributed by atoms with Gasteiger partial charge in [-0.1, -0.05) is 182 Å². The van der Waals surface area contributed by atoms with Crippen LogP contribution in [-0.2, 0) is 10.8 Å². The first kappa shape index (κ1) is 33.3. The predicted molar refractivity (Wildman–Crippen MR) is 210 cm³/mol. The van der Waals surface area contributed by atoms with Gasteiger partial charge in [0.1, 0.15) is 0 Å². The predicted octanol–water partition coefficient (Wildman–Crippen LogP) is 9.95. The van der Waals surface area contributed by atoms with Crippen LogP contribution in [-0.4, -0.2) is 23.1 Å². The van der Waals surface area contributed by atoms with Gasteiger partial charge in [-0.25, -0.2) is 0 Å². The highest BCUT2D eigenvalue weighted by molar-refractivity contribution is 6.11. The van der Waals surface area contributed by atoms with E-state index in [0.717, 1.165) is 33.4 Å². The van der Waals surface area contributed by atoms with Crippen molar-refractivity contribution in [1.82, 2.24) is 0 Å². The van der Waals surface area contributed by atoms with Gasteiger partial charge in [0, 0.05) is 56.8 Å². The Hall–Kier alpha value is -6.52. The van der Waals surface area contributed by atoms with Crippen molar-refractivity contribution in [3.05, 3.63) is 239 Å². The number of rotatable bonds is 6. The number of carbonyl (C=O) groups is 4. The van der Waals surface area contributed by atoms with Crippen LogP contribution in [0.15, 0.2) is 194 Å². The summed E-state index contributed by atoms with van der Waals surface area (Å²) in [6.45, 7) is 0. The average molecular weight is 701 g/mol. The van der Waals surface area contributed by atoms with Crippen LogP contribution in [0.2, 0.25) is 0 Å². The lowest BCUT2D eigenvalue weighted by Crippen LogP contribution is -2.21. The molecular weight excluding hydrogens is 665 g/mol. The molecule has 0 saturated heterocycles. The fourth-order valence-corrected chi connectivity index (χ4v) is 9.39. The molecule has 2 spiro atoms. The van der Waals surface area contributed by atoms with Gasteiger partial charge < -0.3 is 0 Å². The molecule has 2 saturated carbocycles. The minimum atomic E-state index is -0.446. The second kappa shape index (κ2) is 13.2. The third-order valence-corrected chi connectivity index (χ3v) is 11.8. The lowest BCUT2D eigenvalue weighted by Gasteiger charge is -2.21. The maximum absolute atomic E-state index is 13.4. The molecule has 0 unspecified atom stereocenters. The van der Waals surface area contributed by atoms with Crippen LogP contribution >= 0.6 is 0 Å². The van der Waals surface area contributed by atoms with E-state index in [9.17, 15) is 19.2 Å². The van der Waals surface area contributed by atoms with E-state index in [1.165, 1.54) is 0 Å². The first-order valence-corrected chi connectivity index (χ1v) is 18.4. The molecule has 4 nitrogen and oxygen atoms in total. The summed E-state index contributed by atoms with van der Waals surface area (Å²) in [5.41, 5.74) is 6.21. The van der Waals surface area contributed by atoms with Crippen LogP contribution in [0.1, 0.15) is 75.5 Å². The Labute approximate surface area is 314 Å². The third kappa shape index (κ3) is 5.21. The molecule has 4 aliphatic carbocycles. The number of ketones is 4. The zero-order valence-electron chi connectivity index (χ0n) is 29.4. The van der Waals surface area contributed by atoms with Crippen molar-refractivity contribution in [2.24, 2.45) is 11.8 Å². The van der Waals surface area contributed by atoms with E-state index in [1.54, 1.807) is 12.2 Å². The Morgan fingerprint density at radius 2 is 0.704 bits per heavy atom. The standard InChI is InChI=1S/2C25H18O2/c2*26-21-15-16-25(20-14-8-7-13-19(20)21)22(17-9-3-1-4-10-17)23(25)24(27)18-11-5-2-6-12-18/h2*1-16,22-23H/t2*22-,23+,25+/m11/s1. The summed E-state index contributed by atoms with van der Waals surface area (Å²) in [5, 5.41) is 0. The Balaban J connectivity index is 0.000000142. The van der Waals surface area contributed by atoms with Crippen LogP contribution in [0.3, 0.4) is 0 Å². The molecule has 0 N–H and O–H groups in total. The van der Waals surface area contributed by atoms with Crippen molar-refractivity contribution in [3.8, 4) is 0 Å². The van der Waals surface area contributed by atoms with E-state index in [-0.39, 0.29) is 46.8 Å². The molecule has 0 bridgehead atoms. The van der Waals surface area contributed by atoms with Crippen molar-refractivity contribution in [3.63, 3.8) is 0 Å². The van der Waals surface area contributed by atoms with E-state index >= 15 is 0 Å². The topological polar surface area (TPSA) is 68.3 Å². The fraction of sp³-hybridized carbons (Fsp3) is 0.120. The van der Waals surface area contributed by atoms with Crippen LogP contribution in [0.5, 0.6) is 0 Å². The fourth-order valence-electron chi connectivity index (χ4n) is 9.39. The van der Waals surface area contributed by atoms with Gasteiger partial charge in [-0.15, -0.1) is 0 Å². The van der Waals surface area contributed by atoms with E-state index in [4.69, 9.17) is 0 Å². The quantitative estimate of drug-likeness (QED) is 0.162.